The van der Waals surface area contributed by atoms with Gasteiger partial charge in [-0.05, 0) is 56.3 Å². The van der Waals surface area contributed by atoms with E-state index < -0.39 is 0 Å². The molecule has 0 fully saturated rings. The third-order valence-corrected chi connectivity index (χ3v) is 6.39. The molecule has 3 aromatic rings. The average molecular weight is 338 g/mol. The van der Waals surface area contributed by atoms with Crippen molar-refractivity contribution in [2.45, 2.75) is 51.4 Å². The summed E-state index contributed by atoms with van der Waals surface area (Å²) >= 11 is 0. The van der Waals surface area contributed by atoms with Crippen molar-refractivity contribution in [3.8, 4) is 0 Å². The monoisotopic (exact) mass is 338 g/mol. The summed E-state index contributed by atoms with van der Waals surface area (Å²) in [5.41, 5.74) is 12.2. The highest BCUT2D eigenvalue weighted by molar-refractivity contribution is 5.69. The van der Waals surface area contributed by atoms with Crippen LogP contribution in [0.4, 0.5) is 0 Å². The van der Waals surface area contributed by atoms with Crippen LogP contribution in [0.3, 0.4) is 0 Å². The lowest BCUT2D eigenvalue weighted by Crippen LogP contribution is -2.28. The smallest absolute Gasteiger partial charge is 0.0349 e. The Labute approximate surface area is 156 Å². The first kappa shape index (κ1) is 15.9. The van der Waals surface area contributed by atoms with Gasteiger partial charge in [0.05, 0.1) is 0 Å². The lowest BCUT2D eigenvalue weighted by atomic mass is 9.60. The van der Waals surface area contributed by atoms with E-state index in [1.165, 1.54) is 33.4 Å². The van der Waals surface area contributed by atoms with E-state index in [9.17, 15) is 0 Å². The highest BCUT2D eigenvalue weighted by atomic mass is 14.4. The number of rotatable bonds is 2. The second kappa shape index (κ2) is 5.58. The van der Waals surface area contributed by atoms with Crippen LogP contribution in [0.15, 0.2) is 60.7 Å². The van der Waals surface area contributed by atoms with Crippen LogP contribution in [-0.2, 0) is 0 Å². The predicted octanol–water partition coefficient (Wildman–Crippen LogP) is 6.92. The minimum Gasteiger partial charge on any atom is -0.0619 e. The minimum absolute atomic E-state index is 0.390. The molecule has 0 saturated carbocycles. The Kier molecular flexibility index (Phi) is 3.41. The molecule has 0 aromatic heterocycles. The maximum atomic E-state index is 2.54. The standard InChI is InChI=1S/C26H26/c1-15(2)21-13-23-24(14-22(21)16(3)4)26-19-11-7-5-9-17(19)25(23)18-10-6-8-12-20(18)26/h5-16,25-26H,1-4H3. The Morgan fingerprint density at radius 2 is 0.808 bits per heavy atom. The molecule has 130 valence electrons. The largest absolute Gasteiger partial charge is 0.0619 e. The summed E-state index contributed by atoms with van der Waals surface area (Å²) in [5.74, 6) is 1.90. The first-order valence-corrected chi connectivity index (χ1v) is 9.93. The molecule has 6 rings (SSSR count). The molecule has 3 aliphatic rings. The van der Waals surface area contributed by atoms with Crippen LogP contribution in [0.2, 0.25) is 0 Å². The van der Waals surface area contributed by atoms with Crippen LogP contribution in [0, 0.1) is 0 Å². The van der Waals surface area contributed by atoms with Crippen molar-refractivity contribution >= 4 is 0 Å². The lowest BCUT2D eigenvalue weighted by molar-refractivity contribution is 0.728. The second-order valence-corrected chi connectivity index (χ2v) is 8.54. The highest BCUT2D eigenvalue weighted by Gasteiger charge is 2.41. The molecule has 0 heteroatoms. The van der Waals surface area contributed by atoms with E-state index in [2.05, 4.69) is 88.4 Å². The van der Waals surface area contributed by atoms with E-state index in [0.717, 1.165) is 0 Å². The molecular formula is C26H26. The zero-order chi connectivity index (χ0) is 18.0. The molecule has 26 heavy (non-hydrogen) atoms. The van der Waals surface area contributed by atoms with Gasteiger partial charge in [0.15, 0.2) is 0 Å². The maximum Gasteiger partial charge on any atom is 0.0349 e. The SMILES string of the molecule is CC(C)c1cc2c(cc1C(C)C)C1c3ccccc3C2c2ccccc21. The molecule has 2 bridgehead atoms. The Morgan fingerprint density at radius 1 is 0.500 bits per heavy atom. The van der Waals surface area contributed by atoms with Gasteiger partial charge in [-0.3, -0.25) is 0 Å². The fraction of sp³-hybridized carbons (Fsp3) is 0.308. The van der Waals surface area contributed by atoms with Crippen molar-refractivity contribution in [1.82, 2.24) is 0 Å². The summed E-state index contributed by atoms with van der Waals surface area (Å²) in [6.07, 6.45) is 0. The van der Waals surface area contributed by atoms with Gasteiger partial charge in [-0.15, -0.1) is 0 Å². The van der Waals surface area contributed by atoms with E-state index in [1.807, 2.05) is 0 Å². The molecule has 0 spiro atoms. The van der Waals surface area contributed by atoms with Gasteiger partial charge in [0.2, 0.25) is 0 Å². The molecule has 3 aromatic carbocycles. The maximum absolute atomic E-state index is 2.54. The van der Waals surface area contributed by atoms with Crippen LogP contribution in [-0.4, -0.2) is 0 Å². The first-order chi connectivity index (χ1) is 12.6. The molecule has 0 radical (unpaired) electrons. The lowest BCUT2D eigenvalue weighted by Gasteiger charge is -2.43. The quantitative estimate of drug-likeness (QED) is 0.328. The van der Waals surface area contributed by atoms with Gasteiger partial charge in [0.1, 0.15) is 0 Å². The zero-order valence-corrected chi connectivity index (χ0v) is 16.1. The van der Waals surface area contributed by atoms with Gasteiger partial charge in [-0.25, -0.2) is 0 Å². The number of hydrogen-bond donors (Lipinski definition) is 0. The van der Waals surface area contributed by atoms with Gasteiger partial charge in [0.25, 0.3) is 0 Å². The van der Waals surface area contributed by atoms with Crippen LogP contribution in [0.1, 0.15) is 95.9 Å². The van der Waals surface area contributed by atoms with Crippen LogP contribution >= 0.6 is 0 Å². The van der Waals surface area contributed by atoms with Crippen molar-refractivity contribution in [2.24, 2.45) is 0 Å². The van der Waals surface area contributed by atoms with E-state index in [4.69, 9.17) is 0 Å². The summed E-state index contributed by atoms with van der Waals surface area (Å²) in [5, 5.41) is 0. The van der Waals surface area contributed by atoms with Gasteiger partial charge in [-0.1, -0.05) is 88.4 Å². The molecule has 0 unspecified atom stereocenters. The molecule has 0 amide bonds. The van der Waals surface area contributed by atoms with E-state index in [1.54, 1.807) is 11.1 Å². The normalized spacial score (nSPS) is 19.5. The van der Waals surface area contributed by atoms with Gasteiger partial charge in [0, 0.05) is 11.8 Å². The van der Waals surface area contributed by atoms with Gasteiger partial charge < -0.3 is 0 Å². The third kappa shape index (κ3) is 2.02. The minimum atomic E-state index is 0.390. The number of benzene rings is 3. The molecule has 0 atom stereocenters. The topological polar surface area (TPSA) is 0 Å². The van der Waals surface area contributed by atoms with E-state index >= 15 is 0 Å². The summed E-state index contributed by atoms with van der Waals surface area (Å²) in [6, 6.07) is 23.3. The highest BCUT2D eigenvalue weighted by Crippen LogP contribution is 2.56. The summed E-state index contributed by atoms with van der Waals surface area (Å²) in [4.78, 5) is 0. The Bertz CT molecular complexity index is 878. The summed E-state index contributed by atoms with van der Waals surface area (Å²) < 4.78 is 0. The van der Waals surface area contributed by atoms with E-state index in [-0.39, 0.29) is 0 Å². The van der Waals surface area contributed by atoms with Crippen LogP contribution < -0.4 is 0 Å². The van der Waals surface area contributed by atoms with Gasteiger partial charge >= 0.3 is 0 Å². The third-order valence-electron chi connectivity index (χ3n) is 6.39. The fourth-order valence-electron chi connectivity index (χ4n) is 5.25. The number of hydrogen-bond acceptors (Lipinski definition) is 0. The first-order valence-electron chi connectivity index (χ1n) is 9.93. The van der Waals surface area contributed by atoms with E-state index in [0.29, 0.717) is 23.7 Å². The zero-order valence-electron chi connectivity index (χ0n) is 16.1. The Morgan fingerprint density at radius 3 is 1.08 bits per heavy atom. The summed E-state index contributed by atoms with van der Waals surface area (Å²) in [6.45, 7) is 9.32. The molecule has 0 heterocycles. The van der Waals surface area contributed by atoms with Crippen molar-refractivity contribution in [3.63, 3.8) is 0 Å². The second-order valence-electron chi connectivity index (χ2n) is 8.54. The van der Waals surface area contributed by atoms with Crippen molar-refractivity contribution in [1.29, 1.82) is 0 Å². The molecule has 0 N–H and O–H groups in total. The predicted molar refractivity (Wildman–Crippen MR) is 109 cm³/mol. The Balaban J connectivity index is 1.85. The molecule has 3 aliphatic carbocycles. The van der Waals surface area contributed by atoms with Crippen molar-refractivity contribution in [3.05, 3.63) is 105 Å². The molecule has 0 saturated heterocycles. The molecular weight excluding hydrogens is 312 g/mol. The van der Waals surface area contributed by atoms with Crippen molar-refractivity contribution < 1.29 is 0 Å². The average Bonchev–Trinajstić information content (AvgIpc) is 2.66. The van der Waals surface area contributed by atoms with Crippen molar-refractivity contribution in [2.75, 3.05) is 0 Å². The van der Waals surface area contributed by atoms with Crippen LogP contribution in [0.5, 0.6) is 0 Å². The fourth-order valence-corrected chi connectivity index (χ4v) is 5.25. The molecule has 0 nitrogen and oxygen atoms in total. The summed E-state index contributed by atoms with van der Waals surface area (Å²) in [7, 11) is 0. The van der Waals surface area contributed by atoms with Crippen LogP contribution in [0.25, 0.3) is 0 Å². The molecule has 0 aliphatic heterocycles. The Hall–Kier alpha value is -2.34. The van der Waals surface area contributed by atoms with Gasteiger partial charge in [-0.2, -0.15) is 0 Å².